The summed E-state index contributed by atoms with van der Waals surface area (Å²) in [5.74, 6) is 0.437. The molecule has 2 N–H and O–H groups in total. The molecule has 1 aliphatic rings. The Labute approximate surface area is 114 Å². The van der Waals surface area contributed by atoms with E-state index in [1.807, 2.05) is 6.92 Å². The molecule has 0 amide bonds. The maximum Gasteiger partial charge on any atom is 0.253 e. The van der Waals surface area contributed by atoms with E-state index in [1.54, 1.807) is 30.3 Å². The van der Waals surface area contributed by atoms with Crippen LogP contribution in [0.3, 0.4) is 0 Å². The van der Waals surface area contributed by atoms with Crippen LogP contribution in [0.2, 0.25) is 0 Å². The van der Waals surface area contributed by atoms with E-state index < -0.39 is 10.0 Å². The Morgan fingerprint density at radius 3 is 2.47 bits per heavy atom. The third-order valence-electron chi connectivity index (χ3n) is 3.45. The second-order valence-corrected chi connectivity index (χ2v) is 6.48. The Morgan fingerprint density at radius 1 is 1.21 bits per heavy atom. The lowest BCUT2D eigenvalue weighted by Gasteiger charge is -2.28. The van der Waals surface area contributed by atoms with Crippen molar-refractivity contribution in [2.45, 2.75) is 30.7 Å². The minimum Gasteiger partial charge on any atom is -0.381 e. The van der Waals surface area contributed by atoms with Crippen LogP contribution in [0.5, 0.6) is 0 Å². The lowest BCUT2D eigenvalue weighted by molar-refractivity contribution is 0.0553. The van der Waals surface area contributed by atoms with Crippen molar-refractivity contribution in [2.24, 2.45) is 5.92 Å². The van der Waals surface area contributed by atoms with Gasteiger partial charge in [-0.3, -0.25) is 0 Å². The van der Waals surface area contributed by atoms with E-state index in [1.165, 1.54) is 0 Å². The topological polar surface area (TPSA) is 67.4 Å². The molecule has 1 aliphatic heterocycles. The highest BCUT2D eigenvalue weighted by molar-refractivity contribution is 7.89. The van der Waals surface area contributed by atoms with Gasteiger partial charge in [-0.05, 0) is 37.8 Å². The Balaban J connectivity index is 1.91. The molecule has 1 aromatic carbocycles. The SMILES string of the molecule is C[C@H](NNS(=O)(=O)c1ccccc1)C1CCOCC1. The quantitative estimate of drug-likeness (QED) is 0.799. The normalized spacial score (nSPS) is 19.2. The fourth-order valence-electron chi connectivity index (χ4n) is 2.16. The van der Waals surface area contributed by atoms with Crippen molar-refractivity contribution in [2.75, 3.05) is 13.2 Å². The van der Waals surface area contributed by atoms with Gasteiger partial charge in [-0.1, -0.05) is 18.2 Å². The largest absolute Gasteiger partial charge is 0.381 e. The maximum absolute atomic E-state index is 12.0. The molecule has 0 saturated carbocycles. The number of hydrazine groups is 1. The first kappa shape index (κ1) is 14.5. The van der Waals surface area contributed by atoms with Crippen molar-refractivity contribution in [3.8, 4) is 0 Å². The van der Waals surface area contributed by atoms with Gasteiger partial charge in [-0.2, -0.15) is 0 Å². The summed E-state index contributed by atoms with van der Waals surface area (Å²) in [6.45, 7) is 3.49. The van der Waals surface area contributed by atoms with E-state index in [-0.39, 0.29) is 10.9 Å². The molecule has 0 aromatic heterocycles. The van der Waals surface area contributed by atoms with Gasteiger partial charge in [-0.15, -0.1) is 4.83 Å². The molecule has 2 rings (SSSR count). The van der Waals surface area contributed by atoms with Gasteiger partial charge in [0.1, 0.15) is 0 Å². The number of sulfonamides is 1. The van der Waals surface area contributed by atoms with Crippen molar-refractivity contribution in [1.82, 2.24) is 10.3 Å². The highest BCUT2D eigenvalue weighted by atomic mass is 32.2. The second-order valence-electron chi connectivity index (χ2n) is 4.80. The van der Waals surface area contributed by atoms with Gasteiger partial charge in [-0.25, -0.2) is 13.8 Å². The molecule has 0 bridgehead atoms. The summed E-state index contributed by atoms with van der Waals surface area (Å²) >= 11 is 0. The minimum absolute atomic E-state index is 0.0855. The van der Waals surface area contributed by atoms with Crippen LogP contribution in [0, 0.1) is 5.92 Å². The van der Waals surface area contributed by atoms with Gasteiger partial charge in [0.05, 0.1) is 4.90 Å². The standard InChI is InChI=1S/C13H20N2O3S/c1-11(12-7-9-18-10-8-12)14-15-19(16,17)13-5-3-2-4-6-13/h2-6,11-12,14-15H,7-10H2,1H3/t11-/m0/s1. The molecule has 1 fully saturated rings. The van der Waals surface area contributed by atoms with E-state index in [4.69, 9.17) is 4.74 Å². The van der Waals surface area contributed by atoms with Crippen LogP contribution in [0.15, 0.2) is 35.2 Å². The molecule has 6 heteroatoms. The summed E-state index contributed by atoms with van der Waals surface area (Å²) < 4.78 is 29.3. The van der Waals surface area contributed by atoms with Crippen LogP contribution in [-0.2, 0) is 14.8 Å². The number of rotatable bonds is 5. The highest BCUT2D eigenvalue weighted by Gasteiger charge is 2.22. The third-order valence-corrected chi connectivity index (χ3v) is 4.73. The first-order chi connectivity index (χ1) is 9.09. The van der Waals surface area contributed by atoms with Crippen molar-refractivity contribution in [3.63, 3.8) is 0 Å². The molecule has 106 valence electrons. The van der Waals surface area contributed by atoms with Crippen LogP contribution in [-0.4, -0.2) is 27.7 Å². The molecule has 0 unspecified atom stereocenters. The van der Waals surface area contributed by atoms with Gasteiger partial charge in [0.25, 0.3) is 10.0 Å². The van der Waals surface area contributed by atoms with Gasteiger partial charge in [0.2, 0.25) is 0 Å². The van der Waals surface area contributed by atoms with E-state index in [9.17, 15) is 8.42 Å². The van der Waals surface area contributed by atoms with Crippen molar-refractivity contribution >= 4 is 10.0 Å². The smallest absolute Gasteiger partial charge is 0.253 e. The first-order valence-electron chi connectivity index (χ1n) is 6.50. The summed E-state index contributed by atoms with van der Waals surface area (Å²) in [4.78, 5) is 2.72. The fourth-order valence-corrected chi connectivity index (χ4v) is 3.14. The fraction of sp³-hybridized carbons (Fsp3) is 0.538. The maximum atomic E-state index is 12.0. The first-order valence-corrected chi connectivity index (χ1v) is 7.98. The molecule has 1 aromatic rings. The summed E-state index contributed by atoms with van der Waals surface area (Å²) in [5, 5.41) is 0. The van der Waals surface area contributed by atoms with E-state index in [0.717, 1.165) is 26.1 Å². The van der Waals surface area contributed by atoms with Gasteiger partial charge >= 0.3 is 0 Å². The molecule has 1 heterocycles. The molecule has 5 nitrogen and oxygen atoms in total. The Bertz CT molecular complexity index is 484. The zero-order valence-corrected chi connectivity index (χ0v) is 11.8. The average Bonchev–Trinajstić information content (AvgIpc) is 2.47. The van der Waals surface area contributed by atoms with Crippen molar-refractivity contribution in [1.29, 1.82) is 0 Å². The van der Waals surface area contributed by atoms with Crippen LogP contribution in [0.4, 0.5) is 0 Å². The molecule has 1 atom stereocenters. The minimum atomic E-state index is -3.49. The number of hydrogen-bond donors (Lipinski definition) is 2. The molecule has 0 radical (unpaired) electrons. The Hall–Kier alpha value is -0.950. The zero-order valence-electron chi connectivity index (χ0n) is 11.0. The van der Waals surface area contributed by atoms with Crippen LogP contribution >= 0.6 is 0 Å². The predicted molar refractivity (Wildman–Crippen MR) is 72.9 cm³/mol. The van der Waals surface area contributed by atoms with Crippen LogP contribution < -0.4 is 10.3 Å². The summed E-state index contributed by atoms with van der Waals surface area (Å²) in [6, 6.07) is 8.43. The monoisotopic (exact) mass is 284 g/mol. The van der Waals surface area contributed by atoms with Crippen molar-refractivity contribution in [3.05, 3.63) is 30.3 Å². The van der Waals surface area contributed by atoms with Gasteiger partial charge in [0, 0.05) is 19.3 Å². The lowest BCUT2D eigenvalue weighted by atomic mass is 9.93. The lowest BCUT2D eigenvalue weighted by Crippen LogP contribution is -2.47. The zero-order chi connectivity index (χ0) is 13.7. The van der Waals surface area contributed by atoms with E-state index >= 15 is 0 Å². The molecule has 0 spiro atoms. The van der Waals surface area contributed by atoms with Crippen molar-refractivity contribution < 1.29 is 13.2 Å². The van der Waals surface area contributed by atoms with E-state index in [2.05, 4.69) is 10.3 Å². The van der Waals surface area contributed by atoms with E-state index in [0.29, 0.717) is 5.92 Å². The van der Waals surface area contributed by atoms with Gasteiger partial charge < -0.3 is 4.74 Å². The van der Waals surface area contributed by atoms with Gasteiger partial charge in [0.15, 0.2) is 0 Å². The molecule has 0 aliphatic carbocycles. The molecular formula is C13H20N2O3S. The second kappa shape index (κ2) is 6.47. The number of hydrogen-bond acceptors (Lipinski definition) is 4. The predicted octanol–water partition coefficient (Wildman–Crippen LogP) is 1.28. The van der Waals surface area contributed by atoms with Crippen LogP contribution in [0.25, 0.3) is 0 Å². The number of ether oxygens (including phenoxy) is 1. The Morgan fingerprint density at radius 2 is 1.84 bits per heavy atom. The number of nitrogens with one attached hydrogen (secondary N) is 2. The molecule has 19 heavy (non-hydrogen) atoms. The average molecular weight is 284 g/mol. The summed E-state index contributed by atoms with van der Waals surface area (Å²) in [7, 11) is -3.49. The third kappa shape index (κ3) is 4.01. The summed E-state index contributed by atoms with van der Waals surface area (Å²) in [5.41, 5.74) is 2.90. The molecule has 1 saturated heterocycles. The Kier molecular flexibility index (Phi) is 4.93. The number of benzene rings is 1. The summed E-state index contributed by atoms with van der Waals surface area (Å²) in [6.07, 6.45) is 1.92. The molecular weight excluding hydrogens is 264 g/mol. The van der Waals surface area contributed by atoms with Crippen LogP contribution in [0.1, 0.15) is 19.8 Å². The highest BCUT2D eigenvalue weighted by Crippen LogP contribution is 2.18.